The first-order valence-electron chi connectivity index (χ1n) is 7.62. The van der Waals surface area contributed by atoms with E-state index in [0.29, 0.717) is 12.2 Å². The number of carboxylic acids is 1. The van der Waals surface area contributed by atoms with Gasteiger partial charge in [0, 0.05) is 25.8 Å². The third kappa shape index (κ3) is 3.35. The second-order valence-electron chi connectivity index (χ2n) is 5.53. The molecular weight excluding hydrogens is 332 g/mol. The molecule has 0 radical (unpaired) electrons. The van der Waals surface area contributed by atoms with Crippen LogP contribution in [-0.2, 0) is 25.3 Å². The number of aliphatic carboxylic acids is 1. The number of carbonyl (C=O) groups is 1. The number of nitrogens with zero attached hydrogens (tertiary/aromatic N) is 4. The molecule has 2 aromatic rings. The molecule has 0 aliphatic rings. The average Bonchev–Trinajstić information content (AvgIpc) is 2.55. The molecule has 130 valence electrons. The number of aromatic nitrogens is 4. The van der Waals surface area contributed by atoms with Crippen LogP contribution in [0.15, 0.2) is 14.6 Å². The molecule has 9 heteroatoms. The minimum Gasteiger partial charge on any atom is -0.549 e. The van der Waals surface area contributed by atoms with E-state index in [9.17, 15) is 19.5 Å². The number of unbranched alkanes of at least 4 members (excludes halogenated alkanes) is 1. The molecule has 0 aliphatic heterocycles. The van der Waals surface area contributed by atoms with Crippen molar-refractivity contribution in [3.8, 4) is 0 Å². The monoisotopic (exact) mass is 351 g/mol. The lowest BCUT2D eigenvalue weighted by molar-refractivity contribution is -0.304. The lowest BCUT2D eigenvalue weighted by atomic mass is 10.2. The number of rotatable bonds is 6. The van der Waals surface area contributed by atoms with Crippen LogP contribution in [0.3, 0.4) is 0 Å². The number of fused-ring (bicyclic) bond motifs is 1. The van der Waals surface area contributed by atoms with Gasteiger partial charge in [-0.25, -0.2) is 14.8 Å². The van der Waals surface area contributed by atoms with Gasteiger partial charge in [-0.15, -0.1) is 0 Å². The summed E-state index contributed by atoms with van der Waals surface area (Å²) in [6, 6.07) is 0. The predicted octanol–water partition coefficient (Wildman–Crippen LogP) is -0.400. The topological polar surface area (TPSA) is 110 Å². The minimum atomic E-state index is -1.25. The van der Waals surface area contributed by atoms with Crippen LogP contribution in [0.25, 0.3) is 11.0 Å². The molecule has 0 unspecified atom stereocenters. The molecule has 2 aromatic heterocycles. The van der Waals surface area contributed by atoms with Crippen molar-refractivity contribution in [2.24, 2.45) is 14.1 Å². The standard InChI is InChI=1S/C15H20N4O4S/c1-5-6-7-9-16-11-10(12(17-9)24-8(2)14(21)22)13(20)19(4)15(23)18(11)3/h8H,5-7H2,1-4H3,(H,21,22)/p-1/t8-/m1/s1. The van der Waals surface area contributed by atoms with E-state index >= 15 is 0 Å². The fourth-order valence-corrected chi connectivity index (χ4v) is 3.11. The molecule has 0 fully saturated rings. The highest BCUT2D eigenvalue weighted by molar-refractivity contribution is 8.00. The van der Waals surface area contributed by atoms with Gasteiger partial charge < -0.3 is 9.90 Å². The Morgan fingerprint density at radius 1 is 1.25 bits per heavy atom. The molecular formula is C15H19N4O4S-. The second kappa shape index (κ2) is 7.16. The maximum Gasteiger partial charge on any atom is 0.332 e. The summed E-state index contributed by atoms with van der Waals surface area (Å²) >= 11 is 0.924. The first-order chi connectivity index (χ1) is 11.3. The van der Waals surface area contributed by atoms with Gasteiger partial charge in [0.15, 0.2) is 5.65 Å². The smallest absolute Gasteiger partial charge is 0.332 e. The molecule has 0 spiro atoms. The summed E-state index contributed by atoms with van der Waals surface area (Å²) in [5.74, 6) is -0.760. The second-order valence-corrected chi connectivity index (χ2v) is 6.86. The maximum atomic E-state index is 12.5. The van der Waals surface area contributed by atoms with E-state index < -0.39 is 22.5 Å². The van der Waals surface area contributed by atoms with Crippen molar-refractivity contribution in [3.63, 3.8) is 0 Å². The fraction of sp³-hybridized carbons (Fsp3) is 0.533. The van der Waals surface area contributed by atoms with Gasteiger partial charge in [-0.1, -0.05) is 25.1 Å². The summed E-state index contributed by atoms with van der Waals surface area (Å²) in [5, 5.41) is 10.6. The highest BCUT2D eigenvalue weighted by Gasteiger charge is 2.19. The highest BCUT2D eigenvalue weighted by Crippen LogP contribution is 2.26. The van der Waals surface area contributed by atoms with Gasteiger partial charge in [-0.3, -0.25) is 13.9 Å². The number of thioether (sulfide) groups is 1. The Bertz CT molecular complexity index is 903. The summed E-state index contributed by atoms with van der Waals surface area (Å²) < 4.78 is 2.24. The van der Waals surface area contributed by atoms with Gasteiger partial charge in [0.1, 0.15) is 16.2 Å². The van der Waals surface area contributed by atoms with E-state index in [1.165, 1.54) is 25.6 Å². The van der Waals surface area contributed by atoms with Crippen molar-refractivity contribution in [3.05, 3.63) is 26.7 Å². The van der Waals surface area contributed by atoms with Crippen LogP contribution in [-0.4, -0.2) is 30.3 Å². The van der Waals surface area contributed by atoms with E-state index in [-0.39, 0.29) is 16.1 Å². The van der Waals surface area contributed by atoms with Gasteiger partial charge in [0.2, 0.25) is 0 Å². The Balaban J connectivity index is 2.78. The van der Waals surface area contributed by atoms with Gasteiger partial charge in [0.05, 0.1) is 5.97 Å². The van der Waals surface area contributed by atoms with Crippen LogP contribution < -0.4 is 16.4 Å². The third-order valence-electron chi connectivity index (χ3n) is 3.69. The molecule has 0 N–H and O–H groups in total. The van der Waals surface area contributed by atoms with Crippen LogP contribution >= 0.6 is 11.8 Å². The van der Waals surface area contributed by atoms with Crippen LogP contribution in [0, 0.1) is 0 Å². The lowest BCUT2D eigenvalue weighted by Gasteiger charge is -2.15. The molecule has 0 bridgehead atoms. The van der Waals surface area contributed by atoms with Gasteiger partial charge in [0.25, 0.3) is 5.56 Å². The number of hydrogen-bond donors (Lipinski definition) is 0. The van der Waals surface area contributed by atoms with Gasteiger partial charge in [-0.2, -0.15) is 0 Å². The zero-order valence-electron chi connectivity index (χ0n) is 14.0. The number of carboxylic acid groups (broad SMARTS) is 1. The van der Waals surface area contributed by atoms with Crippen molar-refractivity contribution in [2.45, 2.75) is 43.4 Å². The Morgan fingerprint density at radius 2 is 1.92 bits per heavy atom. The zero-order valence-corrected chi connectivity index (χ0v) is 14.8. The summed E-state index contributed by atoms with van der Waals surface area (Å²) in [7, 11) is 2.89. The normalized spacial score (nSPS) is 12.5. The molecule has 0 saturated heterocycles. The largest absolute Gasteiger partial charge is 0.549 e. The first-order valence-corrected chi connectivity index (χ1v) is 8.50. The minimum absolute atomic E-state index is 0.151. The van der Waals surface area contributed by atoms with E-state index in [1.807, 2.05) is 6.92 Å². The van der Waals surface area contributed by atoms with Crippen LogP contribution in [0.4, 0.5) is 0 Å². The summed E-state index contributed by atoms with van der Waals surface area (Å²) in [6.45, 7) is 3.49. The van der Waals surface area contributed by atoms with Crippen LogP contribution in [0.5, 0.6) is 0 Å². The molecule has 24 heavy (non-hydrogen) atoms. The predicted molar refractivity (Wildman–Crippen MR) is 89.0 cm³/mol. The number of hydrogen-bond acceptors (Lipinski definition) is 7. The van der Waals surface area contributed by atoms with Crippen molar-refractivity contribution >= 4 is 28.8 Å². The summed E-state index contributed by atoms with van der Waals surface area (Å²) in [5.41, 5.74) is -0.808. The Labute approximate surface area is 142 Å². The lowest BCUT2D eigenvalue weighted by Crippen LogP contribution is -2.38. The van der Waals surface area contributed by atoms with E-state index in [1.54, 1.807) is 0 Å². The summed E-state index contributed by atoms with van der Waals surface area (Å²) in [6.07, 6.45) is 2.38. The van der Waals surface area contributed by atoms with Crippen LogP contribution in [0.1, 0.15) is 32.5 Å². The molecule has 8 nitrogen and oxygen atoms in total. The Morgan fingerprint density at radius 3 is 2.50 bits per heavy atom. The van der Waals surface area contributed by atoms with Crippen molar-refractivity contribution < 1.29 is 9.90 Å². The van der Waals surface area contributed by atoms with Crippen molar-refractivity contribution in [2.75, 3.05) is 0 Å². The number of aryl methyl sites for hydroxylation is 2. The molecule has 0 saturated carbocycles. The number of carbonyl (C=O) groups excluding carboxylic acids is 1. The summed E-state index contributed by atoms with van der Waals surface area (Å²) in [4.78, 5) is 44.4. The molecule has 2 heterocycles. The van der Waals surface area contributed by atoms with Gasteiger partial charge >= 0.3 is 5.69 Å². The van der Waals surface area contributed by atoms with E-state index in [0.717, 1.165) is 29.2 Å². The molecule has 0 aliphatic carbocycles. The Hall–Kier alpha value is -2.16. The van der Waals surface area contributed by atoms with Crippen molar-refractivity contribution in [1.82, 2.24) is 19.1 Å². The Kier molecular flexibility index (Phi) is 5.43. The van der Waals surface area contributed by atoms with E-state index in [4.69, 9.17) is 0 Å². The molecule has 0 amide bonds. The zero-order chi connectivity index (χ0) is 18.0. The average molecular weight is 351 g/mol. The quantitative estimate of drug-likeness (QED) is 0.514. The highest BCUT2D eigenvalue weighted by atomic mass is 32.2. The first kappa shape index (κ1) is 18.2. The third-order valence-corrected chi connectivity index (χ3v) is 4.75. The molecule has 1 atom stereocenters. The van der Waals surface area contributed by atoms with E-state index in [2.05, 4.69) is 9.97 Å². The van der Waals surface area contributed by atoms with Gasteiger partial charge in [-0.05, 0) is 13.3 Å². The molecule has 0 aromatic carbocycles. The van der Waals surface area contributed by atoms with Crippen LogP contribution in [0.2, 0.25) is 0 Å². The SMILES string of the molecule is CCCCc1nc(S[C@H](C)C(=O)[O-])c2c(=O)n(C)c(=O)n(C)c2n1. The van der Waals surface area contributed by atoms with Crippen molar-refractivity contribution in [1.29, 1.82) is 0 Å². The molecule has 2 rings (SSSR count). The maximum absolute atomic E-state index is 12.5. The fourth-order valence-electron chi connectivity index (χ4n) is 2.22.